The maximum atomic E-state index is 12.8. The molecule has 0 aromatic heterocycles. The number of nitrogens with zero attached hydrogens (tertiary/aromatic N) is 1. The monoisotopic (exact) mass is 353 g/mol. The molecule has 0 radical (unpaired) electrons. The molecular formula is C22H27NO3. The smallest absolute Gasteiger partial charge is 0.133 e. The minimum atomic E-state index is -0.799. The number of ether oxygens (including phenoxy) is 1. The number of hydrogen-bond acceptors (Lipinski definition) is 3. The van der Waals surface area contributed by atoms with Crippen molar-refractivity contribution in [3.8, 4) is 11.5 Å². The molecule has 1 aromatic rings. The van der Waals surface area contributed by atoms with Crippen LogP contribution in [0, 0.1) is 5.92 Å². The van der Waals surface area contributed by atoms with Crippen LogP contribution in [-0.4, -0.2) is 47.5 Å². The van der Waals surface area contributed by atoms with Crippen molar-refractivity contribution < 1.29 is 19.4 Å². The molecule has 6 rings (SSSR count). The molecule has 138 valence electrons. The number of quaternary nitrogens is 1. The molecule has 2 saturated carbocycles. The molecule has 2 bridgehead atoms. The summed E-state index contributed by atoms with van der Waals surface area (Å²) in [5, 5.41) is 25.1. The number of piperidine rings is 1. The minimum absolute atomic E-state index is 0.0876. The first-order valence-electron chi connectivity index (χ1n) is 10.1. The van der Waals surface area contributed by atoms with Gasteiger partial charge in [0.2, 0.25) is 0 Å². The fraction of sp³-hybridized carbons (Fsp3) is 0.636. The van der Waals surface area contributed by atoms with Crippen LogP contribution in [0.3, 0.4) is 0 Å². The first kappa shape index (κ1) is 15.5. The second-order valence-corrected chi connectivity index (χ2v) is 9.77. The van der Waals surface area contributed by atoms with Crippen LogP contribution in [0.15, 0.2) is 24.3 Å². The zero-order chi connectivity index (χ0) is 17.9. The van der Waals surface area contributed by atoms with Gasteiger partial charge in [-0.25, -0.2) is 0 Å². The van der Waals surface area contributed by atoms with E-state index in [4.69, 9.17) is 4.74 Å². The number of aliphatic hydroxyl groups is 1. The largest absolute Gasteiger partial charge is 0.872 e. The normalized spacial score (nSPS) is 45.2. The number of hydrogen-bond donors (Lipinski definition) is 1. The Morgan fingerprint density at radius 2 is 2.15 bits per heavy atom. The molecule has 4 nitrogen and oxygen atoms in total. The van der Waals surface area contributed by atoms with Crippen LogP contribution in [-0.2, 0) is 11.8 Å². The molecule has 2 heterocycles. The van der Waals surface area contributed by atoms with E-state index in [-0.39, 0.29) is 17.9 Å². The van der Waals surface area contributed by atoms with Crippen molar-refractivity contribution in [2.24, 2.45) is 5.92 Å². The second-order valence-electron chi connectivity index (χ2n) is 9.77. The lowest BCUT2D eigenvalue weighted by atomic mass is 9.48. The van der Waals surface area contributed by atoms with Gasteiger partial charge in [0.05, 0.1) is 25.6 Å². The molecule has 1 N–H and O–H groups in total. The maximum Gasteiger partial charge on any atom is 0.133 e. The van der Waals surface area contributed by atoms with Crippen LogP contribution >= 0.6 is 0 Å². The Kier molecular flexibility index (Phi) is 2.67. The SMILES string of the molecule is C=C1CC[C@@]2(O)[C@@H]3Cc4c([O-])ccc5c4[C@]2(CC[N@@+]3(C)CC2CC2)C1O5. The van der Waals surface area contributed by atoms with E-state index >= 15 is 0 Å². The van der Waals surface area contributed by atoms with Crippen LogP contribution in [0.2, 0.25) is 0 Å². The summed E-state index contributed by atoms with van der Waals surface area (Å²) in [6.45, 7) is 6.49. The molecule has 1 saturated heterocycles. The number of rotatable bonds is 2. The summed E-state index contributed by atoms with van der Waals surface area (Å²) >= 11 is 0. The van der Waals surface area contributed by atoms with Crippen LogP contribution < -0.4 is 9.84 Å². The summed E-state index contributed by atoms with van der Waals surface area (Å²) in [4.78, 5) is 0. The fourth-order valence-electron chi connectivity index (χ4n) is 7.07. The molecule has 4 heteroatoms. The molecule has 1 unspecified atom stereocenters. The van der Waals surface area contributed by atoms with E-state index < -0.39 is 11.0 Å². The Bertz CT molecular complexity index is 846. The number of likely N-dealkylation sites (N-methyl/N-ethyl adjacent to an activating group) is 1. The van der Waals surface area contributed by atoms with Gasteiger partial charge in [-0.1, -0.05) is 12.6 Å². The quantitative estimate of drug-likeness (QED) is 0.654. The van der Waals surface area contributed by atoms with Crippen molar-refractivity contribution in [3.63, 3.8) is 0 Å². The fourth-order valence-corrected chi connectivity index (χ4v) is 7.07. The van der Waals surface area contributed by atoms with E-state index in [0.717, 1.165) is 65.2 Å². The van der Waals surface area contributed by atoms with Gasteiger partial charge >= 0.3 is 0 Å². The van der Waals surface area contributed by atoms with Gasteiger partial charge in [-0.05, 0) is 42.9 Å². The van der Waals surface area contributed by atoms with E-state index in [1.807, 2.05) is 6.07 Å². The van der Waals surface area contributed by atoms with Gasteiger partial charge in [0, 0.05) is 24.3 Å². The van der Waals surface area contributed by atoms with E-state index in [2.05, 4.69) is 13.6 Å². The number of benzene rings is 1. The molecule has 5 atom stereocenters. The van der Waals surface area contributed by atoms with Gasteiger partial charge < -0.3 is 19.4 Å². The Labute approximate surface area is 154 Å². The third kappa shape index (κ3) is 1.56. The van der Waals surface area contributed by atoms with Crippen molar-refractivity contribution in [3.05, 3.63) is 35.4 Å². The highest BCUT2D eigenvalue weighted by Gasteiger charge is 2.75. The van der Waals surface area contributed by atoms with E-state index in [1.54, 1.807) is 6.07 Å². The number of likely N-dealkylation sites (tertiary alicyclic amines) is 1. The molecule has 3 fully saturated rings. The predicted molar refractivity (Wildman–Crippen MR) is 96.1 cm³/mol. The van der Waals surface area contributed by atoms with Gasteiger partial charge in [-0.3, -0.25) is 0 Å². The van der Waals surface area contributed by atoms with Gasteiger partial charge in [0.25, 0.3) is 0 Å². The van der Waals surface area contributed by atoms with Crippen molar-refractivity contribution in [2.75, 3.05) is 20.1 Å². The zero-order valence-electron chi connectivity index (χ0n) is 15.5. The molecule has 26 heavy (non-hydrogen) atoms. The van der Waals surface area contributed by atoms with Crippen molar-refractivity contribution in [1.29, 1.82) is 0 Å². The highest BCUT2D eigenvalue weighted by Crippen LogP contribution is 2.66. The average Bonchev–Trinajstić information content (AvgIpc) is 3.33. The Morgan fingerprint density at radius 1 is 1.35 bits per heavy atom. The Morgan fingerprint density at radius 3 is 2.92 bits per heavy atom. The summed E-state index contributed by atoms with van der Waals surface area (Å²) in [5.74, 6) is 1.74. The average molecular weight is 353 g/mol. The zero-order valence-corrected chi connectivity index (χ0v) is 15.5. The Balaban J connectivity index is 1.61. The summed E-state index contributed by atoms with van der Waals surface area (Å²) in [5.41, 5.74) is 1.77. The molecule has 0 amide bonds. The summed E-state index contributed by atoms with van der Waals surface area (Å²) < 4.78 is 7.28. The summed E-state index contributed by atoms with van der Waals surface area (Å²) in [6, 6.07) is 3.58. The predicted octanol–water partition coefficient (Wildman–Crippen LogP) is 2.03. The molecule has 5 aliphatic rings. The lowest BCUT2D eigenvalue weighted by molar-refractivity contribution is -0.950. The maximum absolute atomic E-state index is 12.8. The molecule has 1 spiro atoms. The van der Waals surface area contributed by atoms with Crippen molar-refractivity contribution in [2.45, 2.75) is 61.7 Å². The summed E-state index contributed by atoms with van der Waals surface area (Å²) in [7, 11) is 2.32. The van der Waals surface area contributed by atoms with E-state index in [1.165, 1.54) is 12.8 Å². The lowest BCUT2D eigenvalue weighted by Gasteiger charge is -2.65. The molecule has 2 aliphatic heterocycles. The van der Waals surface area contributed by atoms with Crippen molar-refractivity contribution >= 4 is 0 Å². The Hall–Kier alpha value is -1.52. The van der Waals surface area contributed by atoms with Gasteiger partial charge in [0.1, 0.15) is 23.5 Å². The second kappa shape index (κ2) is 4.48. The van der Waals surface area contributed by atoms with Crippen LogP contribution in [0.5, 0.6) is 11.5 Å². The van der Waals surface area contributed by atoms with Crippen molar-refractivity contribution in [1.82, 2.24) is 0 Å². The molecule has 1 aromatic carbocycles. The van der Waals surface area contributed by atoms with E-state index in [0.29, 0.717) is 6.42 Å². The lowest BCUT2D eigenvalue weighted by Crippen LogP contribution is -2.80. The molecule has 3 aliphatic carbocycles. The van der Waals surface area contributed by atoms with Gasteiger partial charge in [0.15, 0.2) is 0 Å². The first-order valence-corrected chi connectivity index (χ1v) is 10.1. The van der Waals surface area contributed by atoms with Gasteiger partial charge in [-0.2, -0.15) is 0 Å². The topological polar surface area (TPSA) is 52.5 Å². The summed E-state index contributed by atoms with van der Waals surface area (Å²) in [6.07, 6.45) is 5.60. The minimum Gasteiger partial charge on any atom is -0.872 e. The molecular weight excluding hydrogens is 326 g/mol. The highest BCUT2D eigenvalue weighted by atomic mass is 16.5. The van der Waals surface area contributed by atoms with Crippen LogP contribution in [0.1, 0.15) is 43.2 Å². The standard InChI is InChI=1S/C22H27NO3/c1-13-7-8-22(25)18-11-15-16(24)5-6-17-19(15)21(22,20(13)26-17)9-10-23(18,2)12-14-3-4-14/h5-6,14,18,20,25H,1,3-4,7-12H2,2H3/t18-,20?,21+,22+,23-/m0/s1. The van der Waals surface area contributed by atoms with E-state index in [9.17, 15) is 10.2 Å². The first-order chi connectivity index (χ1) is 12.4. The van der Waals surface area contributed by atoms with Crippen LogP contribution in [0.25, 0.3) is 0 Å². The highest BCUT2D eigenvalue weighted by molar-refractivity contribution is 5.62. The third-order valence-corrected chi connectivity index (χ3v) is 8.43. The third-order valence-electron chi connectivity index (χ3n) is 8.43. The van der Waals surface area contributed by atoms with Gasteiger partial charge in [-0.15, -0.1) is 5.75 Å². The van der Waals surface area contributed by atoms with Crippen LogP contribution in [0.4, 0.5) is 0 Å².